The van der Waals surface area contributed by atoms with Crippen LogP contribution in [-0.4, -0.2) is 30.8 Å². The molecule has 2 heterocycles. The Balaban J connectivity index is 1.38. The third-order valence-electron chi connectivity index (χ3n) is 5.53. The van der Waals surface area contributed by atoms with E-state index in [-0.39, 0.29) is 5.92 Å². The Morgan fingerprint density at radius 3 is 2.77 bits per heavy atom. The molecule has 1 aromatic heterocycles. The summed E-state index contributed by atoms with van der Waals surface area (Å²) < 4.78 is 20.1. The molecule has 1 unspecified atom stereocenters. The zero-order valence-corrected chi connectivity index (χ0v) is 19.7. The van der Waals surface area contributed by atoms with Crippen LogP contribution in [-0.2, 0) is 24.5 Å². The lowest BCUT2D eigenvalue weighted by Crippen LogP contribution is -2.24. The first-order valence-electron chi connectivity index (χ1n) is 11.0. The van der Waals surface area contributed by atoms with E-state index in [1.54, 1.807) is 0 Å². The van der Waals surface area contributed by atoms with Gasteiger partial charge in [0.25, 0.3) is 0 Å². The maximum Gasteiger partial charge on any atom is 0.123 e. The molecule has 0 fully saturated rings. The van der Waals surface area contributed by atoms with Crippen LogP contribution in [0.3, 0.4) is 0 Å². The summed E-state index contributed by atoms with van der Waals surface area (Å²) in [6.45, 7) is 9.64. The Morgan fingerprint density at radius 2 is 1.97 bits per heavy atom. The van der Waals surface area contributed by atoms with Crippen molar-refractivity contribution in [3.63, 3.8) is 0 Å². The lowest BCUT2D eigenvalue weighted by Gasteiger charge is -2.26. The number of benzene rings is 2. The quantitative estimate of drug-likeness (QED) is 0.328. The van der Waals surface area contributed by atoms with Crippen molar-refractivity contribution in [2.75, 3.05) is 13.2 Å². The Morgan fingerprint density at radius 1 is 1.13 bits per heavy atom. The molecule has 164 valence electrons. The molecule has 0 amide bonds. The number of hydrogen-bond donors (Lipinski definition) is 0. The highest BCUT2D eigenvalue weighted by atomic mass is 28.3. The second kappa shape index (κ2) is 9.70. The van der Waals surface area contributed by atoms with E-state index in [0.717, 1.165) is 41.5 Å². The summed E-state index contributed by atoms with van der Waals surface area (Å²) in [7, 11) is -1.08. The van der Waals surface area contributed by atoms with Crippen LogP contribution in [0.25, 0.3) is 0 Å². The maximum absolute atomic E-state index is 6.06. The lowest BCUT2D eigenvalue weighted by atomic mass is 9.96. The number of hydrogen-bond acceptors (Lipinski definition) is 4. The number of rotatable bonds is 9. The SMILES string of the molecule is C[Si](C)(C)CCOCn1ccnc1C1COc2ccc(OCc3ccccc3)cc2C1. The van der Waals surface area contributed by atoms with Crippen molar-refractivity contribution in [1.82, 2.24) is 9.55 Å². The molecular weight excluding hydrogens is 404 g/mol. The summed E-state index contributed by atoms with van der Waals surface area (Å²) in [4.78, 5) is 4.62. The fourth-order valence-corrected chi connectivity index (χ4v) is 4.46. The van der Waals surface area contributed by atoms with E-state index in [2.05, 4.69) is 47.4 Å². The highest BCUT2D eigenvalue weighted by Gasteiger charge is 2.25. The molecule has 6 heteroatoms. The van der Waals surface area contributed by atoms with Gasteiger partial charge in [-0.1, -0.05) is 50.0 Å². The summed E-state index contributed by atoms with van der Waals surface area (Å²) in [6.07, 6.45) is 4.73. The third kappa shape index (κ3) is 5.99. The second-order valence-corrected chi connectivity index (χ2v) is 15.0. The fourth-order valence-electron chi connectivity index (χ4n) is 3.70. The molecule has 1 atom stereocenters. The molecule has 0 saturated carbocycles. The van der Waals surface area contributed by atoms with Gasteiger partial charge in [0.15, 0.2) is 0 Å². The van der Waals surface area contributed by atoms with Crippen molar-refractivity contribution in [2.24, 2.45) is 0 Å². The maximum atomic E-state index is 6.06. The minimum absolute atomic E-state index is 0.201. The van der Waals surface area contributed by atoms with Crippen LogP contribution in [0.1, 0.15) is 22.9 Å². The second-order valence-electron chi connectivity index (χ2n) is 9.36. The van der Waals surface area contributed by atoms with Gasteiger partial charge >= 0.3 is 0 Å². The predicted molar refractivity (Wildman–Crippen MR) is 125 cm³/mol. The molecule has 1 aliphatic heterocycles. The Bertz CT molecular complexity index is 982. The van der Waals surface area contributed by atoms with Crippen molar-refractivity contribution in [3.05, 3.63) is 77.9 Å². The largest absolute Gasteiger partial charge is 0.493 e. The van der Waals surface area contributed by atoms with Crippen LogP contribution in [0.15, 0.2) is 60.9 Å². The molecule has 2 aromatic carbocycles. The zero-order chi connectivity index (χ0) is 21.7. The van der Waals surface area contributed by atoms with E-state index in [0.29, 0.717) is 19.9 Å². The number of fused-ring (bicyclic) bond motifs is 1. The van der Waals surface area contributed by atoms with E-state index in [4.69, 9.17) is 14.2 Å². The minimum Gasteiger partial charge on any atom is -0.493 e. The molecule has 31 heavy (non-hydrogen) atoms. The number of aromatic nitrogens is 2. The molecule has 0 spiro atoms. The first-order chi connectivity index (χ1) is 15.0. The van der Waals surface area contributed by atoms with Crippen molar-refractivity contribution in [2.45, 2.75) is 51.4 Å². The summed E-state index contributed by atoms with van der Waals surface area (Å²) in [6, 6.07) is 17.5. The van der Waals surface area contributed by atoms with E-state index < -0.39 is 8.07 Å². The van der Waals surface area contributed by atoms with Crippen LogP contribution in [0, 0.1) is 0 Å². The monoisotopic (exact) mass is 436 g/mol. The highest BCUT2D eigenvalue weighted by Crippen LogP contribution is 2.34. The highest BCUT2D eigenvalue weighted by molar-refractivity contribution is 6.76. The Kier molecular flexibility index (Phi) is 6.78. The van der Waals surface area contributed by atoms with Gasteiger partial charge in [0.2, 0.25) is 0 Å². The fraction of sp³-hybridized carbons (Fsp3) is 0.400. The molecule has 3 aromatic rings. The summed E-state index contributed by atoms with van der Waals surface area (Å²) in [5.74, 6) is 3.03. The number of imidazole rings is 1. The van der Waals surface area contributed by atoms with Crippen LogP contribution < -0.4 is 9.47 Å². The van der Waals surface area contributed by atoms with Crippen molar-refractivity contribution < 1.29 is 14.2 Å². The van der Waals surface area contributed by atoms with Gasteiger partial charge in [-0.05, 0) is 41.8 Å². The van der Waals surface area contributed by atoms with Gasteiger partial charge in [-0.2, -0.15) is 0 Å². The first kappa shape index (κ1) is 21.7. The smallest absolute Gasteiger partial charge is 0.123 e. The van der Waals surface area contributed by atoms with Crippen molar-refractivity contribution >= 4 is 8.07 Å². The average molecular weight is 437 g/mol. The van der Waals surface area contributed by atoms with E-state index in [1.165, 1.54) is 6.04 Å². The van der Waals surface area contributed by atoms with Crippen molar-refractivity contribution in [3.8, 4) is 11.5 Å². The zero-order valence-electron chi connectivity index (χ0n) is 18.7. The van der Waals surface area contributed by atoms with Gasteiger partial charge < -0.3 is 18.8 Å². The van der Waals surface area contributed by atoms with Crippen LogP contribution in [0.5, 0.6) is 11.5 Å². The predicted octanol–water partition coefficient (Wildman–Crippen LogP) is 5.49. The molecule has 5 nitrogen and oxygen atoms in total. The molecule has 0 radical (unpaired) electrons. The topological polar surface area (TPSA) is 45.5 Å². The van der Waals surface area contributed by atoms with Crippen molar-refractivity contribution in [1.29, 1.82) is 0 Å². The molecule has 4 rings (SSSR count). The van der Waals surface area contributed by atoms with Crippen LogP contribution >= 0.6 is 0 Å². The normalized spacial score (nSPS) is 15.9. The number of nitrogens with zero attached hydrogens (tertiary/aromatic N) is 2. The van der Waals surface area contributed by atoms with Crippen LogP contribution in [0.2, 0.25) is 25.7 Å². The molecule has 0 N–H and O–H groups in total. The molecule has 0 saturated heterocycles. The summed E-state index contributed by atoms with van der Waals surface area (Å²) in [5, 5.41) is 0. The molecule has 1 aliphatic rings. The van der Waals surface area contributed by atoms with E-state index in [9.17, 15) is 0 Å². The van der Waals surface area contributed by atoms with Gasteiger partial charge in [-0.15, -0.1) is 0 Å². The third-order valence-corrected chi connectivity index (χ3v) is 7.23. The number of ether oxygens (including phenoxy) is 3. The van der Waals surface area contributed by atoms with E-state index in [1.807, 2.05) is 42.7 Å². The van der Waals surface area contributed by atoms with Crippen LogP contribution in [0.4, 0.5) is 0 Å². The first-order valence-corrected chi connectivity index (χ1v) is 14.7. The Labute approximate surface area is 186 Å². The lowest BCUT2D eigenvalue weighted by molar-refractivity contribution is 0.0830. The molecule has 0 bridgehead atoms. The van der Waals surface area contributed by atoms with Gasteiger partial charge in [0.05, 0.1) is 12.5 Å². The Hall–Kier alpha value is -2.57. The van der Waals surface area contributed by atoms with Gasteiger partial charge in [-0.3, -0.25) is 0 Å². The summed E-state index contributed by atoms with van der Waals surface area (Å²) in [5.41, 5.74) is 2.32. The van der Waals surface area contributed by atoms with E-state index >= 15 is 0 Å². The average Bonchev–Trinajstić information content (AvgIpc) is 3.23. The standard InChI is InChI=1S/C25H32N2O3Si/c1-31(2,3)14-13-28-19-27-12-11-26-25(27)22-15-21-16-23(9-10-24(21)30-18-22)29-17-20-7-5-4-6-8-20/h4-12,16,22H,13-15,17-19H2,1-3H3. The minimum atomic E-state index is -1.08. The van der Waals surface area contributed by atoms with Gasteiger partial charge in [0, 0.05) is 27.1 Å². The molecular formula is C25H32N2O3Si. The van der Waals surface area contributed by atoms with Gasteiger partial charge in [0.1, 0.15) is 30.7 Å². The summed E-state index contributed by atoms with van der Waals surface area (Å²) >= 11 is 0. The van der Waals surface area contributed by atoms with Gasteiger partial charge in [-0.25, -0.2) is 4.98 Å². The molecule has 0 aliphatic carbocycles.